The van der Waals surface area contributed by atoms with Crippen LogP contribution in [0.4, 0.5) is 5.69 Å². The standard InChI is InChI=1S/C14H16ClN3O2/c15-10-5-4-8-12(9-10)16-13(19)14(20)18-17-11-6-2-1-3-7-11/h4-5,8-9H,1-3,6-7H2,(H,16,19)(H,18,20). The normalized spacial score (nSPS) is 14.6. The lowest BCUT2D eigenvalue weighted by Crippen LogP contribution is -2.33. The SMILES string of the molecule is O=C(NN=C1CCCCC1)C(=O)Nc1cccc(Cl)c1. The van der Waals surface area contributed by atoms with Crippen molar-refractivity contribution in [3.05, 3.63) is 29.3 Å². The summed E-state index contributed by atoms with van der Waals surface area (Å²) in [6.07, 6.45) is 5.14. The number of halogens is 1. The van der Waals surface area contributed by atoms with Crippen LogP contribution < -0.4 is 10.7 Å². The maximum atomic E-state index is 11.7. The van der Waals surface area contributed by atoms with Crippen LogP contribution in [-0.4, -0.2) is 17.5 Å². The molecular weight excluding hydrogens is 278 g/mol. The molecule has 1 aliphatic rings. The highest BCUT2D eigenvalue weighted by Gasteiger charge is 2.14. The Hall–Kier alpha value is -1.88. The molecule has 0 atom stereocenters. The number of hydrogen-bond acceptors (Lipinski definition) is 3. The Morgan fingerprint density at radius 2 is 1.85 bits per heavy atom. The molecule has 0 heterocycles. The summed E-state index contributed by atoms with van der Waals surface area (Å²) in [6, 6.07) is 6.61. The number of anilines is 1. The van der Waals surface area contributed by atoms with Crippen molar-refractivity contribution >= 4 is 34.8 Å². The molecule has 5 nitrogen and oxygen atoms in total. The van der Waals surface area contributed by atoms with Crippen molar-refractivity contribution in [2.45, 2.75) is 32.1 Å². The average Bonchev–Trinajstić information content (AvgIpc) is 2.46. The van der Waals surface area contributed by atoms with Crippen molar-refractivity contribution in [2.24, 2.45) is 5.10 Å². The van der Waals surface area contributed by atoms with Crippen LogP contribution in [0, 0.1) is 0 Å². The van der Waals surface area contributed by atoms with Gasteiger partial charge in [0, 0.05) is 16.4 Å². The van der Waals surface area contributed by atoms with Crippen LogP contribution in [0.1, 0.15) is 32.1 Å². The van der Waals surface area contributed by atoms with E-state index in [-0.39, 0.29) is 0 Å². The second-order valence-electron chi connectivity index (χ2n) is 4.64. The fourth-order valence-corrected chi connectivity index (χ4v) is 2.20. The lowest BCUT2D eigenvalue weighted by molar-refractivity contribution is -0.136. The first-order chi connectivity index (χ1) is 9.65. The molecule has 0 saturated heterocycles. The van der Waals surface area contributed by atoms with E-state index in [1.165, 1.54) is 6.42 Å². The molecule has 2 amide bonds. The zero-order valence-corrected chi connectivity index (χ0v) is 11.7. The highest BCUT2D eigenvalue weighted by Crippen LogP contribution is 2.15. The summed E-state index contributed by atoms with van der Waals surface area (Å²) in [4.78, 5) is 23.3. The van der Waals surface area contributed by atoms with Gasteiger partial charge in [0.2, 0.25) is 0 Å². The summed E-state index contributed by atoms with van der Waals surface area (Å²) in [5, 5.41) is 6.95. The predicted molar refractivity (Wildman–Crippen MR) is 78.7 cm³/mol. The van der Waals surface area contributed by atoms with Gasteiger partial charge in [-0.2, -0.15) is 5.10 Å². The van der Waals surface area contributed by atoms with Crippen molar-refractivity contribution in [1.82, 2.24) is 5.43 Å². The minimum atomic E-state index is -0.775. The molecule has 0 aliphatic heterocycles. The van der Waals surface area contributed by atoms with Gasteiger partial charge in [0.1, 0.15) is 0 Å². The van der Waals surface area contributed by atoms with E-state index in [4.69, 9.17) is 11.6 Å². The molecule has 106 valence electrons. The van der Waals surface area contributed by atoms with E-state index in [9.17, 15) is 9.59 Å². The van der Waals surface area contributed by atoms with E-state index in [1.807, 2.05) is 0 Å². The number of nitrogens with zero attached hydrogens (tertiary/aromatic N) is 1. The zero-order valence-electron chi connectivity index (χ0n) is 11.0. The maximum Gasteiger partial charge on any atom is 0.329 e. The fraction of sp³-hybridized carbons (Fsp3) is 0.357. The van der Waals surface area contributed by atoms with Gasteiger partial charge in [-0.3, -0.25) is 9.59 Å². The average molecular weight is 294 g/mol. The van der Waals surface area contributed by atoms with Gasteiger partial charge in [0.15, 0.2) is 0 Å². The number of hydrogen-bond donors (Lipinski definition) is 2. The van der Waals surface area contributed by atoms with E-state index in [0.29, 0.717) is 10.7 Å². The molecule has 0 bridgehead atoms. The van der Waals surface area contributed by atoms with Gasteiger partial charge >= 0.3 is 11.8 Å². The van der Waals surface area contributed by atoms with Crippen LogP contribution in [0.3, 0.4) is 0 Å². The van der Waals surface area contributed by atoms with Gasteiger partial charge in [0.25, 0.3) is 0 Å². The Bertz CT molecular complexity index is 535. The Morgan fingerprint density at radius 1 is 1.10 bits per heavy atom. The molecule has 0 spiro atoms. The fourth-order valence-electron chi connectivity index (χ4n) is 2.01. The van der Waals surface area contributed by atoms with Crippen LogP contribution in [-0.2, 0) is 9.59 Å². The van der Waals surface area contributed by atoms with Gasteiger partial charge < -0.3 is 5.32 Å². The molecule has 1 saturated carbocycles. The Kier molecular flexibility index (Phi) is 5.12. The second-order valence-corrected chi connectivity index (χ2v) is 5.08. The molecule has 0 aromatic heterocycles. The first-order valence-corrected chi connectivity index (χ1v) is 6.95. The lowest BCUT2D eigenvalue weighted by atomic mass is 9.99. The third-order valence-corrected chi connectivity index (χ3v) is 3.27. The van der Waals surface area contributed by atoms with Gasteiger partial charge in [-0.1, -0.05) is 24.1 Å². The van der Waals surface area contributed by atoms with E-state index >= 15 is 0 Å². The van der Waals surface area contributed by atoms with Crippen molar-refractivity contribution in [3.63, 3.8) is 0 Å². The largest absolute Gasteiger partial charge is 0.329 e. The number of benzene rings is 1. The molecule has 2 rings (SSSR count). The van der Waals surface area contributed by atoms with E-state index in [0.717, 1.165) is 31.4 Å². The van der Waals surface area contributed by atoms with Gasteiger partial charge in [-0.25, -0.2) is 5.43 Å². The van der Waals surface area contributed by atoms with Gasteiger partial charge in [-0.15, -0.1) is 0 Å². The Balaban J connectivity index is 1.87. The van der Waals surface area contributed by atoms with Crippen LogP contribution in [0.25, 0.3) is 0 Å². The summed E-state index contributed by atoms with van der Waals surface area (Å²) >= 11 is 5.80. The summed E-state index contributed by atoms with van der Waals surface area (Å²) in [5.74, 6) is -1.53. The number of nitrogens with one attached hydrogen (secondary N) is 2. The highest BCUT2D eigenvalue weighted by molar-refractivity contribution is 6.39. The maximum absolute atomic E-state index is 11.7. The third-order valence-electron chi connectivity index (χ3n) is 3.03. The van der Waals surface area contributed by atoms with Crippen LogP contribution in [0.15, 0.2) is 29.4 Å². The summed E-state index contributed by atoms with van der Waals surface area (Å²) in [5.41, 5.74) is 3.71. The van der Waals surface area contributed by atoms with Crippen molar-refractivity contribution in [2.75, 3.05) is 5.32 Å². The van der Waals surface area contributed by atoms with Crippen molar-refractivity contribution in [3.8, 4) is 0 Å². The summed E-state index contributed by atoms with van der Waals surface area (Å²) < 4.78 is 0. The van der Waals surface area contributed by atoms with E-state index in [2.05, 4.69) is 15.8 Å². The topological polar surface area (TPSA) is 70.6 Å². The van der Waals surface area contributed by atoms with Gasteiger partial charge in [0.05, 0.1) is 0 Å². The second kappa shape index (κ2) is 7.05. The van der Waals surface area contributed by atoms with E-state index in [1.54, 1.807) is 24.3 Å². The van der Waals surface area contributed by atoms with Crippen LogP contribution in [0.2, 0.25) is 5.02 Å². The molecule has 2 N–H and O–H groups in total. The Morgan fingerprint density at radius 3 is 2.55 bits per heavy atom. The first kappa shape index (κ1) is 14.5. The highest BCUT2D eigenvalue weighted by atomic mass is 35.5. The minimum Gasteiger partial charge on any atom is -0.318 e. The molecule has 6 heteroatoms. The summed E-state index contributed by atoms with van der Waals surface area (Å²) in [6.45, 7) is 0. The number of carbonyl (C=O) groups excluding carboxylic acids is 2. The van der Waals surface area contributed by atoms with Gasteiger partial charge in [-0.05, 0) is 43.9 Å². The first-order valence-electron chi connectivity index (χ1n) is 6.57. The quantitative estimate of drug-likeness (QED) is 0.650. The van der Waals surface area contributed by atoms with Crippen molar-refractivity contribution in [1.29, 1.82) is 0 Å². The molecular formula is C14H16ClN3O2. The number of rotatable bonds is 2. The number of carbonyl (C=O) groups is 2. The monoisotopic (exact) mass is 293 g/mol. The molecule has 1 aromatic carbocycles. The number of amides is 2. The van der Waals surface area contributed by atoms with Crippen LogP contribution in [0.5, 0.6) is 0 Å². The molecule has 1 aliphatic carbocycles. The van der Waals surface area contributed by atoms with Crippen molar-refractivity contribution < 1.29 is 9.59 Å². The summed E-state index contributed by atoms with van der Waals surface area (Å²) in [7, 11) is 0. The number of hydrazone groups is 1. The zero-order chi connectivity index (χ0) is 14.4. The minimum absolute atomic E-state index is 0.475. The smallest absolute Gasteiger partial charge is 0.318 e. The molecule has 0 unspecified atom stereocenters. The molecule has 0 radical (unpaired) electrons. The third kappa shape index (κ3) is 4.35. The molecule has 1 aromatic rings. The molecule has 20 heavy (non-hydrogen) atoms. The Labute approximate surface area is 122 Å². The molecule has 1 fully saturated rings. The van der Waals surface area contributed by atoms with Crippen LogP contribution >= 0.6 is 11.6 Å². The predicted octanol–water partition coefficient (Wildman–Crippen LogP) is 2.71. The lowest BCUT2D eigenvalue weighted by Gasteiger charge is -2.11. The van der Waals surface area contributed by atoms with E-state index < -0.39 is 11.8 Å².